The fraction of sp³-hybridized carbons (Fsp3) is 0.879. The predicted octanol–water partition coefficient (Wildman–Crippen LogP) is 11.5. The molecule has 1 unspecified atom stereocenters. The molecular weight excluding hydrogens is 1660 g/mol. The average molecular weight is 1840 g/mol. The van der Waals surface area contributed by atoms with E-state index in [9.17, 15) is 33.6 Å². The first-order chi connectivity index (χ1) is 63.4. The van der Waals surface area contributed by atoms with Gasteiger partial charge in [-0.2, -0.15) is 0 Å². The zero-order chi connectivity index (χ0) is 93.6. The average Bonchev–Trinajstić information content (AvgIpc) is 1.60. The molecule has 15 heterocycles. The minimum atomic E-state index is -0.174. The van der Waals surface area contributed by atoms with E-state index in [-0.39, 0.29) is 55.2 Å². The number of carbonyl (C=O) groups is 7. The number of nitrogens with zero attached hydrogens (tertiary/aromatic N) is 16. The van der Waals surface area contributed by atoms with E-state index in [0.717, 1.165) is 199 Å². The molecule has 748 valence electrons. The molecule has 1 saturated carbocycles. The summed E-state index contributed by atoms with van der Waals surface area (Å²) in [5.74, 6) is 4.72. The van der Waals surface area contributed by atoms with Crippen LogP contribution < -0.4 is 16.0 Å². The van der Waals surface area contributed by atoms with E-state index in [1.54, 1.807) is 27.4 Å². The Morgan fingerprint density at radius 3 is 0.863 bits per heavy atom. The fourth-order valence-electron chi connectivity index (χ4n) is 23.2. The first-order valence-corrected chi connectivity index (χ1v) is 51.6. The van der Waals surface area contributed by atoms with Gasteiger partial charge in [0.1, 0.15) is 32.5 Å². The van der Waals surface area contributed by atoms with Crippen molar-refractivity contribution in [2.45, 2.75) is 254 Å². The third kappa shape index (κ3) is 33.8. The summed E-state index contributed by atoms with van der Waals surface area (Å²) in [6.07, 6.45) is 37.8. The second-order valence-electron chi connectivity index (χ2n) is 41.0. The SMILES string of the molecule is CN(C)CCOC(=O)N1CCC[C@H]1C1CCN(C)CC1.CN1CCC([C@@H]2CCCN2C(=O)OC2CCC2)CC1.CN1CCC([C@@H]2CCCN2C(=O)OCc2ccccn2)CC1.CNC(=O)N1CCCC1C1CCN(C)CC1.CNC(=O)N1CCC[C@H]1C1CCN(C)CC1.CNCCOC(=O)N1CCC[C@H]1C1CCN(C)CC1.COCCOC(=O)N1CCC[C@H]1C1CCN(C)CC1. The van der Waals surface area contributed by atoms with Gasteiger partial charge in [0.05, 0.1) is 12.3 Å². The third-order valence-electron chi connectivity index (χ3n) is 31.6. The van der Waals surface area contributed by atoms with Gasteiger partial charge < -0.3 is 118 Å². The molecule has 0 radical (unpaired) electrons. The number of rotatable bonds is 19. The van der Waals surface area contributed by atoms with Crippen LogP contribution in [0.25, 0.3) is 0 Å². The highest BCUT2D eigenvalue weighted by molar-refractivity contribution is 5.75. The third-order valence-corrected chi connectivity index (χ3v) is 31.6. The summed E-state index contributed by atoms with van der Waals surface area (Å²) >= 11 is 0. The molecule has 32 nitrogen and oxygen atoms in total. The molecule has 15 aliphatic rings. The molecule has 16 rings (SSSR count). The quantitative estimate of drug-likeness (QED) is 0.0857. The number of hydrogen-bond donors (Lipinski definition) is 3. The van der Waals surface area contributed by atoms with Crippen LogP contribution in [-0.2, 0) is 35.0 Å². The maximum atomic E-state index is 12.4. The molecule has 1 aromatic heterocycles. The summed E-state index contributed by atoms with van der Waals surface area (Å²) in [4.78, 5) is 121. The molecule has 3 N–H and O–H groups in total. The maximum absolute atomic E-state index is 12.4. The number of aromatic nitrogens is 1. The lowest BCUT2D eigenvalue weighted by Crippen LogP contribution is -2.47. The number of likely N-dealkylation sites (tertiary alicyclic amines) is 14. The van der Waals surface area contributed by atoms with Crippen LogP contribution in [0.4, 0.5) is 33.6 Å². The minimum absolute atomic E-state index is 0.0360. The molecule has 0 spiro atoms. The maximum Gasteiger partial charge on any atom is 0.410 e. The fourth-order valence-corrected chi connectivity index (χ4v) is 23.2. The Hall–Kier alpha value is -6.36. The zero-order valence-electron chi connectivity index (χ0n) is 83.7. The highest BCUT2D eigenvalue weighted by Crippen LogP contribution is 2.39. The Bertz CT molecular complexity index is 3310. The summed E-state index contributed by atoms with van der Waals surface area (Å²) < 4.78 is 32.0. The number of piperidine rings is 7. The number of methoxy groups -OCH3 is 1. The second kappa shape index (κ2) is 57.0. The van der Waals surface area contributed by atoms with Crippen molar-refractivity contribution >= 4 is 42.5 Å². The van der Waals surface area contributed by atoms with Crippen LogP contribution in [0.5, 0.6) is 0 Å². The number of amides is 9. The van der Waals surface area contributed by atoms with Gasteiger partial charge in [-0.25, -0.2) is 33.6 Å². The van der Waals surface area contributed by atoms with Crippen molar-refractivity contribution in [1.29, 1.82) is 0 Å². The second-order valence-corrected chi connectivity index (χ2v) is 41.0. The van der Waals surface area contributed by atoms with E-state index in [1.807, 2.05) is 68.7 Å². The van der Waals surface area contributed by atoms with Gasteiger partial charge in [0.2, 0.25) is 0 Å². The highest BCUT2D eigenvalue weighted by atomic mass is 16.6. The first kappa shape index (κ1) is 107. The molecule has 7 atom stereocenters. The van der Waals surface area contributed by atoms with Crippen LogP contribution in [0.1, 0.15) is 205 Å². The van der Waals surface area contributed by atoms with Crippen LogP contribution in [0.3, 0.4) is 0 Å². The van der Waals surface area contributed by atoms with Gasteiger partial charge in [-0.3, -0.25) is 4.98 Å². The van der Waals surface area contributed by atoms with E-state index in [2.05, 4.69) is 114 Å². The zero-order valence-corrected chi connectivity index (χ0v) is 83.7. The molecule has 32 heteroatoms. The van der Waals surface area contributed by atoms with E-state index >= 15 is 0 Å². The number of urea groups is 2. The molecule has 131 heavy (non-hydrogen) atoms. The van der Waals surface area contributed by atoms with Gasteiger partial charge in [-0.1, -0.05) is 6.07 Å². The molecule has 0 bridgehead atoms. The van der Waals surface area contributed by atoms with Gasteiger partial charge in [-0.15, -0.1) is 0 Å². The monoisotopic (exact) mass is 1840 g/mol. The van der Waals surface area contributed by atoms with Crippen molar-refractivity contribution < 1.29 is 62.0 Å². The molecule has 15 fully saturated rings. The molecule has 9 amide bonds. The normalized spacial score (nSPS) is 26.7. The van der Waals surface area contributed by atoms with Crippen molar-refractivity contribution in [3.8, 4) is 0 Å². The lowest BCUT2D eigenvalue weighted by Gasteiger charge is -2.37. The van der Waals surface area contributed by atoms with Gasteiger partial charge in [-0.05, 0) is 415 Å². The van der Waals surface area contributed by atoms with Crippen molar-refractivity contribution in [1.82, 2.24) is 94.4 Å². The summed E-state index contributed by atoms with van der Waals surface area (Å²) in [6, 6.07) is 8.90. The summed E-state index contributed by atoms with van der Waals surface area (Å²) in [5, 5.41) is 8.51. The van der Waals surface area contributed by atoms with Gasteiger partial charge in [0, 0.05) is 129 Å². The predicted molar refractivity (Wildman–Crippen MR) is 515 cm³/mol. The Kier molecular flexibility index (Phi) is 46.4. The van der Waals surface area contributed by atoms with Gasteiger partial charge in [0.15, 0.2) is 0 Å². The van der Waals surface area contributed by atoms with Crippen molar-refractivity contribution in [3.63, 3.8) is 0 Å². The molecule has 0 aromatic carbocycles. The molecule has 1 aromatic rings. The van der Waals surface area contributed by atoms with Crippen LogP contribution in [0, 0.1) is 41.4 Å². The van der Waals surface area contributed by atoms with Crippen molar-refractivity contribution in [2.75, 3.05) is 269 Å². The summed E-state index contributed by atoms with van der Waals surface area (Å²) in [5.41, 5.74) is 0.797. The Balaban J connectivity index is 0.000000159. The van der Waals surface area contributed by atoms with Crippen LogP contribution in [0.15, 0.2) is 24.4 Å². The summed E-state index contributed by atoms with van der Waals surface area (Å²) in [6.45, 7) is 26.0. The lowest BCUT2D eigenvalue weighted by molar-refractivity contribution is 0.0163. The summed E-state index contributed by atoms with van der Waals surface area (Å²) in [7, 11) is 26.2. The number of ether oxygens (including phenoxy) is 6. The largest absolute Gasteiger partial charge is 0.448 e. The van der Waals surface area contributed by atoms with Crippen LogP contribution >= 0.6 is 0 Å². The van der Waals surface area contributed by atoms with Crippen LogP contribution in [-0.4, -0.2) is 438 Å². The molecular formula is C99H179N19O13. The topological polar surface area (TPSA) is 272 Å². The molecule has 14 saturated heterocycles. The standard InChI is InChI=1S/C17H25N3O2.C15H29N3O2.C15H26N2O2.C14H27N3O2.C14H26N2O3.2C12H23N3O/c1-19-11-7-14(8-12-19)16-6-4-10-20(16)17(21)22-13-15-5-2-3-9-18-15;1-16(2)11-12-20-15(19)18-8-4-5-14(18)13-6-9-17(3)10-7-13;1-16-10-7-12(8-11-16)14-6-3-9-17(14)15(18)19-13-4-2-5-13;1-15-7-11-19-14(18)17-8-3-4-13(17)12-5-9-16(2)10-6-12;1-15-8-5-12(6-9-15)13-4-3-7-16(13)14(17)19-11-10-18-2;2*1-13-12(16)15-7-3-4-11(15)10-5-8-14(2)9-6-10/h2-3,5,9,14,16H,4,6-8,10-13H2,1H3;13-14H,4-12H2,1-3H3;12-14H,2-11H2,1H3;12-13,15H,3-11H2,1-2H3;12-13H,3-11H2,1-2H3;2*10-11H,3-9H2,1-2H3,(H,13,16)/t16-;2*14-;2*13-;11-;/m000000./s1. The van der Waals surface area contributed by atoms with Crippen LogP contribution in [0.2, 0.25) is 0 Å². The molecule has 1 aliphatic carbocycles. The number of carbonyl (C=O) groups excluding carboxylic acids is 7. The van der Waals surface area contributed by atoms with E-state index in [1.165, 1.54) is 168 Å². The van der Waals surface area contributed by atoms with Crippen molar-refractivity contribution in [2.24, 2.45) is 41.4 Å². The Morgan fingerprint density at radius 1 is 0.328 bits per heavy atom. The van der Waals surface area contributed by atoms with E-state index in [4.69, 9.17) is 28.4 Å². The first-order valence-electron chi connectivity index (χ1n) is 51.6. The minimum Gasteiger partial charge on any atom is -0.448 e. The van der Waals surface area contributed by atoms with E-state index < -0.39 is 0 Å². The Labute approximate surface area is 789 Å². The van der Waals surface area contributed by atoms with Crippen molar-refractivity contribution in [3.05, 3.63) is 30.1 Å². The number of likely N-dealkylation sites (N-methyl/N-ethyl adjacent to an activating group) is 2. The van der Waals surface area contributed by atoms with E-state index in [0.29, 0.717) is 98.3 Å². The highest BCUT2D eigenvalue weighted by Gasteiger charge is 2.44. The number of nitrogens with one attached hydrogen (secondary N) is 3. The van der Waals surface area contributed by atoms with Gasteiger partial charge in [0.25, 0.3) is 0 Å². The number of pyridine rings is 1. The molecule has 14 aliphatic heterocycles. The smallest absolute Gasteiger partial charge is 0.410 e. The Morgan fingerprint density at radius 2 is 0.603 bits per heavy atom. The van der Waals surface area contributed by atoms with Gasteiger partial charge >= 0.3 is 42.5 Å². The lowest BCUT2D eigenvalue weighted by atomic mass is 9.88. The number of hydrogen-bond acceptors (Lipinski definition) is 23.